The van der Waals surface area contributed by atoms with Crippen molar-refractivity contribution in [1.29, 1.82) is 0 Å². The number of thiazole rings is 1. The minimum absolute atomic E-state index is 0.207. The number of hydrogen-bond acceptors (Lipinski definition) is 8. The van der Waals surface area contributed by atoms with Gasteiger partial charge in [0.15, 0.2) is 16.3 Å². The van der Waals surface area contributed by atoms with Crippen LogP contribution in [0.2, 0.25) is 0 Å². The summed E-state index contributed by atoms with van der Waals surface area (Å²) in [4.78, 5) is 31.7. The summed E-state index contributed by atoms with van der Waals surface area (Å²) in [7, 11) is 1.29. The van der Waals surface area contributed by atoms with Gasteiger partial charge in [0.1, 0.15) is 18.2 Å². The third kappa shape index (κ3) is 6.57. The van der Waals surface area contributed by atoms with Crippen molar-refractivity contribution in [3.05, 3.63) is 119 Å². The highest BCUT2D eigenvalue weighted by Gasteiger charge is 2.31. The second-order valence-corrected chi connectivity index (χ2v) is 11.3. The largest absolute Gasteiger partial charge is 0.490 e. The van der Waals surface area contributed by atoms with Gasteiger partial charge in [-0.25, -0.2) is 14.2 Å². The summed E-state index contributed by atoms with van der Waals surface area (Å²) in [5, 5.41) is 0. The standard InChI is InChI=1S/C32H28BrFN2O6S/c1-4-40-26-12-8-20(15-27(26)41-5-2)29-24(31(38)39-3)17-35-32-36(29)30(37)28(43-32)16-21-14-22(33)9-13-25(21)42-18-19-6-10-23(34)11-7-19/h6-17,29H,4-5,18H2,1-3H3/b28-16-/t29-/m1/s1. The Morgan fingerprint density at radius 1 is 1.00 bits per heavy atom. The Morgan fingerprint density at radius 3 is 2.44 bits per heavy atom. The second kappa shape index (κ2) is 13.4. The Bertz CT molecular complexity index is 1870. The van der Waals surface area contributed by atoms with Crippen molar-refractivity contribution in [1.82, 2.24) is 4.57 Å². The van der Waals surface area contributed by atoms with Gasteiger partial charge in [0.2, 0.25) is 0 Å². The molecule has 1 aliphatic heterocycles. The molecule has 0 unspecified atom stereocenters. The van der Waals surface area contributed by atoms with Gasteiger partial charge in [-0.15, -0.1) is 0 Å². The zero-order valence-corrected chi connectivity index (χ0v) is 26.0. The van der Waals surface area contributed by atoms with E-state index in [1.54, 1.807) is 42.5 Å². The van der Waals surface area contributed by atoms with E-state index in [0.717, 1.165) is 10.0 Å². The SMILES string of the molecule is CCOc1ccc([C@@H]2C(C(=O)OC)=CN=c3s/c(=C\c4cc(Br)ccc4OCc4ccc(F)cc4)c(=O)n32)cc1OCC. The van der Waals surface area contributed by atoms with Crippen LogP contribution < -0.4 is 29.1 Å². The van der Waals surface area contributed by atoms with E-state index in [2.05, 4.69) is 20.9 Å². The predicted octanol–water partition coefficient (Wildman–Crippen LogP) is 5.30. The number of benzene rings is 3. The topological polar surface area (TPSA) is 88.4 Å². The minimum Gasteiger partial charge on any atom is -0.490 e. The maximum absolute atomic E-state index is 14.0. The van der Waals surface area contributed by atoms with Crippen molar-refractivity contribution < 1.29 is 28.1 Å². The van der Waals surface area contributed by atoms with Crippen LogP contribution in [0.1, 0.15) is 36.6 Å². The summed E-state index contributed by atoms with van der Waals surface area (Å²) >= 11 is 4.70. The van der Waals surface area contributed by atoms with Crippen LogP contribution in [0.25, 0.3) is 6.08 Å². The lowest BCUT2D eigenvalue weighted by atomic mass is 9.97. The molecule has 11 heteroatoms. The van der Waals surface area contributed by atoms with Crippen LogP contribution >= 0.6 is 27.3 Å². The van der Waals surface area contributed by atoms with Gasteiger partial charge in [0.25, 0.3) is 5.56 Å². The first-order valence-corrected chi connectivity index (χ1v) is 15.1. The number of carbonyl (C=O) groups excluding carboxylic acids is 1. The van der Waals surface area contributed by atoms with Gasteiger partial charge in [0.05, 0.1) is 36.5 Å². The summed E-state index contributed by atoms with van der Waals surface area (Å²) < 4.78 is 38.6. The zero-order chi connectivity index (χ0) is 30.5. The van der Waals surface area contributed by atoms with Crippen LogP contribution in [0.3, 0.4) is 0 Å². The molecule has 0 radical (unpaired) electrons. The summed E-state index contributed by atoms with van der Waals surface area (Å²) in [5.74, 6) is 0.682. The normalized spacial score (nSPS) is 14.4. The highest BCUT2D eigenvalue weighted by Crippen LogP contribution is 2.35. The molecule has 0 bridgehead atoms. The zero-order valence-electron chi connectivity index (χ0n) is 23.6. The van der Waals surface area contributed by atoms with E-state index in [9.17, 15) is 14.0 Å². The number of hydrogen-bond donors (Lipinski definition) is 0. The van der Waals surface area contributed by atoms with Crippen molar-refractivity contribution in [2.45, 2.75) is 26.5 Å². The molecular formula is C32H28BrFN2O6S. The molecule has 1 aliphatic rings. The minimum atomic E-state index is -0.808. The van der Waals surface area contributed by atoms with Crippen LogP contribution in [0.15, 0.2) is 86.7 Å². The number of fused-ring (bicyclic) bond motifs is 1. The maximum Gasteiger partial charge on any atom is 0.337 e. The molecule has 0 fully saturated rings. The Balaban J connectivity index is 1.60. The third-order valence-electron chi connectivity index (χ3n) is 6.57. The van der Waals surface area contributed by atoms with Crippen molar-refractivity contribution >= 4 is 39.3 Å². The van der Waals surface area contributed by atoms with Crippen LogP contribution in [0.4, 0.5) is 4.39 Å². The molecule has 4 aromatic rings. The number of esters is 1. The third-order valence-corrected chi connectivity index (χ3v) is 8.06. The lowest BCUT2D eigenvalue weighted by molar-refractivity contribution is -0.136. The van der Waals surface area contributed by atoms with E-state index in [-0.39, 0.29) is 23.6 Å². The smallest absolute Gasteiger partial charge is 0.337 e. The first kappa shape index (κ1) is 30.2. The van der Waals surface area contributed by atoms with E-state index in [1.807, 2.05) is 26.0 Å². The first-order valence-electron chi connectivity index (χ1n) is 13.5. The Labute approximate surface area is 259 Å². The van der Waals surface area contributed by atoms with Crippen LogP contribution in [0.5, 0.6) is 17.2 Å². The molecule has 0 amide bonds. The molecule has 3 aromatic carbocycles. The second-order valence-electron chi connectivity index (χ2n) is 9.35. The van der Waals surface area contributed by atoms with Crippen LogP contribution in [-0.2, 0) is 16.1 Å². The summed E-state index contributed by atoms with van der Waals surface area (Å²) in [6, 6.07) is 16.1. The Hall–Kier alpha value is -4.22. The van der Waals surface area contributed by atoms with E-state index >= 15 is 0 Å². The number of methoxy groups -OCH3 is 1. The number of ether oxygens (including phenoxy) is 4. The number of nitrogens with zero attached hydrogens (tertiary/aromatic N) is 2. The van der Waals surface area contributed by atoms with Crippen molar-refractivity contribution in [3.63, 3.8) is 0 Å². The van der Waals surface area contributed by atoms with Gasteiger partial charge >= 0.3 is 5.97 Å². The molecule has 0 aliphatic carbocycles. The van der Waals surface area contributed by atoms with Gasteiger partial charge < -0.3 is 18.9 Å². The molecule has 1 aromatic heterocycles. The average molecular weight is 668 g/mol. The maximum atomic E-state index is 14.0. The fourth-order valence-corrected chi connectivity index (χ4v) is 5.97. The molecule has 2 heterocycles. The summed E-state index contributed by atoms with van der Waals surface area (Å²) in [6.07, 6.45) is 3.18. The van der Waals surface area contributed by atoms with E-state index < -0.39 is 12.0 Å². The van der Waals surface area contributed by atoms with Crippen LogP contribution in [-0.4, -0.2) is 30.9 Å². The monoisotopic (exact) mass is 666 g/mol. The van der Waals surface area contributed by atoms with E-state index in [4.69, 9.17) is 18.9 Å². The highest BCUT2D eigenvalue weighted by atomic mass is 79.9. The molecule has 0 spiro atoms. The van der Waals surface area contributed by atoms with Gasteiger partial charge in [0, 0.05) is 16.2 Å². The molecular weight excluding hydrogens is 639 g/mol. The molecule has 5 rings (SSSR count). The van der Waals surface area contributed by atoms with Gasteiger partial charge in [-0.1, -0.05) is 45.5 Å². The summed E-state index contributed by atoms with van der Waals surface area (Å²) in [5.41, 5.74) is 1.97. The number of halogens is 2. The van der Waals surface area contributed by atoms with E-state index in [1.165, 1.54) is 41.3 Å². The number of carbonyl (C=O) groups is 1. The molecule has 1 atom stereocenters. The van der Waals surface area contributed by atoms with Crippen molar-refractivity contribution in [3.8, 4) is 17.2 Å². The predicted molar refractivity (Wildman–Crippen MR) is 165 cm³/mol. The molecule has 0 saturated carbocycles. The fourth-order valence-electron chi connectivity index (χ4n) is 4.63. The van der Waals surface area contributed by atoms with Gasteiger partial charge in [-0.3, -0.25) is 9.36 Å². The van der Waals surface area contributed by atoms with Crippen molar-refractivity contribution in [2.24, 2.45) is 4.99 Å². The number of aromatic nitrogens is 1. The first-order chi connectivity index (χ1) is 20.8. The lowest BCUT2D eigenvalue weighted by Gasteiger charge is -2.23. The number of rotatable bonds is 10. The molecule has 43 heavy (non-hydrogen) atoms. The Morgan fingerprint density at radius 2 is 1.72 bits per heavy atom. The summed E-state index contributed by atoms with van der Waals surface area (Å²) in [6.45, 7) is 4.82. The molecule has 8 nitrogen and oxygen atoms in total. The quantitative estimate of drug-likeness (QED) is 0.214. The molecule has 0 saturated heterocycles. The Kier molecular flexibility index (Phi) is 9.42. The van der Waals surface area contributed by atoms with Gasteiger partial charge in [-0.2, -0.15) is 0 Å². The average Bonchev–Trinajstić information content (AvgIpc) is 3.32. The fraction of sp³-hybridized carbons (Fsp3) is 0.219. The lowest BCUT2D eigenvalue weighted by Crippen LogP contribution is -2.39. The highest BCUT2D eigenvalue weighted by molar-refractivity contribution is 9.10. The van der Waals surface area contributed by atoms with Crippen molar-refractivity contribution in [2.75, 3.05) is 20.3 Å². The van der Waals surface area contributed by atoms with Crippen LogP contribution in [0, 0.1) is 5.82 Å². The van der Waals surface area contributed by atoms with E-state index in [0.29, 0.717) is 50.9 Å². The molecule has 0 N–H and O–H groups in total. The van der Waals surface area contributed by atoms with Gasteiger partial charge in [-0.05, 0) is 73.5 Å². The molecule has 222 valence electrons.